The summed E-state index contributed by atoms with van der Waals surface area (Å²) in [5.74, 6) is 0.257. The van der Waals surface area contributed by atoms with Gasteiger partial charge < -0.3 is 0 Å². The molecule has 0 saturated carbocycles. The lowest BCUT2D eigenvalue weighted by molar-refractivity contribution is 0.259. The number of rotatable bonds is 2. The van der Waals surface area contributed by atoms with Crippen molar-refractivity contribution < 1.29 is 4.79 Å². The van der Waals surface area contributed by atoms with E-state index in [9.17, 15) is 4.79 Å². The number of carbonyl (C=O) groups excluding carboxylic acids is 1. The summed E-state index contributed by atoms with van der Waals surface area (Å²) in [5, 5.41) is 9.61. The fourth-order valence-electron chi connectivity index (χ4n) is 1.29. The highest BCUT2D eigenvalue weighted by molar-refractivity contribution is 5.93. The predicted molar refractivity (Wildman–Crippen MR) is 59.9 cm³/mol. The van der Waals surface area contributed by atoms with Gasteiger partial charge in [0, 0.05) is 11.4 Å². The first-order chi connectivity index (χ1) is 8.13. The van der Waals surface area contributed by atoms with Gasteiger partial charge in [-0.25, -0.2) is 24.9 Å². The van der Waals surface area contributed by atoms with Crippen LogP contribution in [0.1, 0.15) is 11.4 Å². The molecule has 88 valence electrons. The number of nitrogens with one attached hydrogen (secondary N) is 2. The van der Waals surface area contributed by atoms with Gasteiger partial charge in [0.2, 0.25) is 5.95 Å². The molecule has 2 aromatic rings. The highest BCUT2D eigenvalue weighted by Crippen LogP contribution is 2.03. The summed E-state index contributed by atoms with van der Waals surface area (Å²) in [5.41, 5.74) is 4.05. The molecule has 0 fully saturated rings. The van der Waals surface area contributed by atoms with E-state index in [1.54, 1.807) is 0 Å². The highest BCUT2D eigenvalue weighted by Gasteiger charge is 2.05. The van der Waals surface area contributed by atoms with E-state index < -0.39 is 6.03 Å². The Morgan fingerprint density at radius 3 is 2.35 bits per heavy atom. The van der Waals surface area contributed by atoms with Crippen LogP contribution in [-0.4, -0.2) is 30.9 Å². The molecule has 0 aromatic carbocycles. The molecular weight excluding hydrogens is 222 g/mol. The zero-order valence-corrected chi connectivity index (χ0v) is 9.38. The Hall–Kier alpha value is -2.51. The van der Waals surface area contributed by atoms with E-state index in [1.807, 2.05) is 19.9 Å². The minimum Gasteiger partial charge on any atom is -0.275 e. The molecule has 8 heteroatoms. The molecule has 8 nitrogen and oxygen atoms in total. The fourth-order valence-corrected chi connectivity index (χ4v) is 1.29. The number of hydrogen-bond acceptors (Lipinski definition) is 5. The first-order valence-electron chi connectivity index (χ1n) is 4.88. The van der Waals surface area contributed by atoms with E-state index in [-0.39, 0.29) is 5.95 Å². The molecule has 17 heavy (non-hydrogen) atoms. The van der Waals surface area contributed by atoms with Crippen LogP contribution in [0.25, 0.3) is 0 Å². The molecule has 0 aliphatic rings. The van der Waals surface area contributed by atoms with E-state index in [0.717, 1.165) is 11.4 Å². The van der Waals surface area contributed by atoms with Crippen molar-refractivity contribution in [3.8, 4) is 0 Å². The van der Waals surface area contributed by atoms with E-state index in [4.69, 9.17) is 0 Å². The fraction of sp³-hybridized carbons (Fsp3) is 0.222. The van der Waals surface area contributed by atoms with Crippen molar-refractivity contribution in [2.45, 2.75) is 13.8 Å². The first-order valence-corrected chi connectivity index (χ1v) is 4.88. The largest absolute Gasteiger partial charge is 0.340 e. The summed E-state index contributed by atoms with van der Waals surface area (Å²) in [4.78, 5) is 19.7. The summed E-state index contributed by atoms with van der Waals surface area (Å²) < 4.78 is 1.32. The summed E-state index contributed by atoms with van der Waals surface area (Å²) in [6.45, 7) is 3.66. The van der Waals surface area contributed by atoms with Gasteiger partial charge in [-0.1, -0.05) is 0 Å². The van der Waals surface area contributed by atoms with Gasteiger partial charge in [-0.05, 0) is 19.9 Å². The third-order valence-corrected chi connectivity index (χ3v) is 1.86. The Labute approximate surface area is 97.1 Å². The molecule has 0 aliphatic carbocycles. The van der Waals surface area contributed by atoms with Crippen LogP contribution in [-0.2, 0) is 0 Å². The predicted octanol–water partition coefficient (Wildman–Crippen LogP) is 0.461. The Morgan fingerprint density at radius 1 is 1.18 bits per heavy atom. The third kappa shape index (κ3) is 2.97. The van der Waals surface area contributed by atoms with Gasteiger partial charge in [0.15, 0.2) is 0 Å². The van der Waals surface area contributed by atoms with Crippen LogP contribution in [0, 0.1) is 13.8 Å². The second-order valence-electron chi connectivity index (χ2n) is 3.41. The van der Waals surface area contributed by atoms with Crippen LogP contribution in [0.5, 0.6) is 0 Å². The molecule has 0 bridgehead atoms. The minimum atomic E-state index is -0.463. The van der Waals surface area contributed by atoms with E-state index >= 15 is 0 Å². The zero-order valence-electron chi connectivity index (χ0n) is 9.38. The molecule has 0 spiro atoms. The Balaban J connectivity index is 2.03. The third-order valence-electron chi connectivity index (χ3n) is 1.86. The van der Waals surface area contributed by atoms with Crippen molar-refractivity contribution in [2.24, 2.45) is 0 Å². The molecule has 0 atom stereocenters. The molecule has 2 heterocycles. The van der Waals surface area contributed by atoms with Crippen molar-refractivity contribution in [3.05, 3.63) is 30.1 Å². The van der Waals surface area contributed by atoms with Crippen LogP contribution in [0.3, 0.4) is 0 Å². The number of anilines is 1. The maximum Gasteiger partial charge on any atom is 0.340 e. The molecule has 2 amide bonds. The second kappa shape index (κ2) is 4.56. The highest BCUT2D eigenvalue weighted by atomic mass is 16.2. The zero-order chi connectivity index (χ0) is 12.3. The van der Waals surface area contributed by atoms with Crippen LogP contribution in [0.15, 0.2) is 18.7 Å². The number of aromatic nitrogens is 5. The maximum atomic E-state index is 11.5. The Bertz CT molecular complexity index is 502. The summed E-state index contributed by atoms with van der Waals surface area (Å²) in [6, 6.07) is 1.36. The monoisotopic (exact) mass is 233 g/mol. The lowest BCUT2D eigenvalue weighted by atomic mass is 10.4. The summed E-state index contributed by atoms with van der Waals surface area (Å²) >= 11 is 0. The van der Waals surface area contributed by atoms with E-state index in [0.29, 0.717) is 0 Å². The van der Waals surface area contributed by atoms with Gasteiger partial charge in [0.25, 0.3) is 0 Å². The molecule has 0 aliphatic heterocycles. The SMILES string of the molecule is Cc1cc(C)nc(NC(=O)Nn2cnnc2)n1. The molecular formula is C9H11N7O. The standard InChI is InChI=1S/C9H11N7O/c1-6-3-7(2)13-8(12-6)14-9(17)15-16-4-10-11-5-16/h3-5H,1-2H3,(H2,12,13,14,15,17). The number of nitrogens with zero attached hydrogens (tertiary/aromatic N) is 5. The van der Waals surface area contributed by atoms with Crippen molar-refractivity contribution in [2.75, 3.05) is 10.7 Å². The summed E-state index contributed by atoms with van der Waals surface area (Å²) in [7, 11) is 0. The number of aryl methyl sites for hydroxylation is 2. The van der Waals surface area contributed by atoms with Crippen LogP contribution in [0.4, 0.5) is 10.7 Å². The van der Waals surface area contributed by atoms with Gasteiger partial charge in [0.05, 0.1) is 0 Å². The maximum absolute atomic E-state index is 11.5. The van der Waals surface area contributed by atoms with Gasteiger partial charge in [-0.2, -0.15) is 0 Å². The summed E-state index contributed by atoms with van der Waals surface area (Å²) in [6.07, 6.45) is 2.73. The van der Waals surface area contributed by atoms with Crippen LogP contribution >= 0.6 is 0 Å². The lowest BCUT2D eigenvalue weighted by Gasteiger charge is -2.06. The average Bonchev–Trinajstić information content (AvgIpc) is 2.67. The Morgan fingerprint density at radius 2 is 1.76 bits per heavy atom. The quantitative estimate of drug-likeness (QED) is 0.785. The second-order valence-corrected chi connectivity index (χ2v) is 3.41. The number of amides is 2. The normalized spacial score (nSPS) is 10.0. The molecule has 2 N–H and O–H groups in total. The van der Waals surface area contributed by atoms with E-state index in [2.05, 4.69) is 30.9 Å². The van der Waals surface area contributed by atoms with Crippen LogP contribution in [0.2, 0.25) is 0 Å². The average molecular weight is 233 g/mol. The number of carbonyl (C=O) groups is 1. The first kappa shape index (κ1) is 11.0. The van der Waals surface area contributed by atoms with Crippen molar-refractivity contribution >= 4 is 12.0 Å². The minimum absolute atomic E-state index is 0.257. The lowest BCUT2D eigenvalue weighted by Crippen LogP contribution is -2.27. The van der Waals surface area contributed by atoms with Crippen molar-refractivity contribution in [3.63, 3.8) is 0 Å². The van der Waals surface area contributed by atoms with Crippen LogP contribution < -0.4 is 10.7 Å². The van der Waals surface area contributed by atoms with Gasteiger partial charge in [0.1, 0.15) is 12.7 Å². The van der Waals surface area contributed by atoms with Gasteiger partial charge in [-0.3, -0.25) is 5.32 Å². The van der Waals surface area contributed by atoms with Crippen molar-refractivity contribution in [1.29, 1.82) is 0 Å². The number of hydrogen-bond donors (Lipinski definition) is 2. The molecule has 0 radical (unpaired) electrons. The van der Waals surface area contributed by atoms with Gasteiger partial charge >= 0.3 is 6.03 Å². The smallest absolute Gasteiger partial charge is 0.275 e. The molecule has 0 saturated heterocycles. The molecule has 2 rings (SSSR count). The molecule has 0 unspecified atom stereocenters. The topological polar surface area (TPSA) is 97.6 Å². The molecule has 2 aromatic heterocycles. The Kier molecular flexibility index (Phi) is 2.95. The van der Waals surface area contributed by atoms with Gasteiger partial charge in [-0.15, -0.1) is 10.2 Å². The van der Waals surface area contributed by atoms with Crippen molar-refractivity contribution in [1.82, 2.24) is 24.8 Å². The number of urea groups is 1. The van der Waals surface area contributed by atoms with E-state index in [1.165, 1.54) is 17.3 Å².